The van der Waals surface area contributed by atoms with E-state index in [9.17, 15) is 14.4 Å². The molecule has 0 bridgehead atoms. The average molecular weight is 667 g/mol. The van der Waals surface area contributed by atoms with E-state index in [0.717, 1.165) is 26.1 Å². The van der Waals surface area contributed by atoms with E-state index in [-0.39, 0.29) is 37.6 Å². The molecule has 1 aliphatic heterocycles. The van der Waals surface area contributed by atoms with Gasteiger partial charge in [-0.15, -0.1) is 0 Å². The molecule has 0 radical (unpaired) electrons. The molecular formula is C38H43ClN6O3. The fourth-order valence-corrected chi connectivity index (χ4v) is 6.12. The Labute approximate surface area is 288 Å². The number of anilines is 4. The van der Waals surface area contributed by atoms with Gasteiger partial charge in [0.1, 0.15) is 6.04 Å². The first-order chi connectivity index (χ1) is 23.4. The maximum absolute atomic E-state index is 14.6. The minimum Gasteiger partial charge on any atom is -0.354 e. The summed E-state index contributed by atoms with van der Waals surface area (Å²) in [6.07, 6.45) is 0.769. The highest BCUT2D eigenvalue weighted by Crippen LogP contribution is 2.31. The zero-order valence-electron chi connectivity index (χ0n) is 27.5. The maximum Gasteiger partial charge on any atom is 0.329 e. The summed E-state index contributed by atoms with van der Waals surface area (Å²) < 4.78 is 0. The van der Waals surface area contributed by atoms with Crippen LogP contribution in [-0.4, -0.2) is 84.5 Å². The number of hydrogen-bond acceptors (Lipinski definition) is 4. The number of rotatable bonds is 11. The van der Waals surface area contributed by atoms with Gasteiger partial charge in [0, 0.05) is 24.7 Å². The molecule has 1 aliphatic rings. The number of benzene rings is 4. The van der Waals surface area contributed by atoms with Gasteiger partial charge in [-0.3, -0.25) is 14.6 Å². The van der Waals surface area contributed by atoms with Crippen LogP contribution in [0.2, 0.25) is 5.02 Å². The Hall–Kier alpha value is -4.86. The number of carbonyl (C=O) groups excluding carboxylic acids is 3. The highest BCUT2D eigenvalue weighted by Gasteiger charge is 2.40. The summed E-state index contributed by atoms with van der Waals surface area (Å²) in [5.74, 6) is -0.300. The molecule has 250 valence electrons. The molecule has 1 saturated heterocycles. The fourth-order valence-electron chi connectivity index (χ4n) is 5.94. The smallest absolute Gasteiger partial charge is 0.329 e. The molecule has 1 atom stereocenters. The molecule has 9 nitrogen and oxygen atoms in total. The summed E-state index contributed by atoms with van der Waals surface area (Å²) >= 11 is 6.38. The molecule has 48 heavy (non-hydrogen) atoms. The van der Waals surface area contributed by atoms with Crippen molar-refractivity contribution in [1.29, 1.82) is 0 Å². The number of nitrogens with one attached hydrogen (secondary N) is 1. The lowest BCUT2D eigenvalue weighted by atomic mass is 10.1. The molecule has 10 heteroatoms. The van der Waals surface area contributed by atoms with Crippen LogP contribution < -0.4 is 15.1 Å². The molecule has 0 aromatic heterocycles. The molecule has 1 unspecified atom stereocenters. The van der Waals surface area contributed by atoms with Gasteiger partial charge < -0.3 is 20.0 Å². The van der Waals surface area contributed by atoms with E-state index in [0.29, 0.717) is 34.3 Å². The van der Waals surface area contributed by atoms with Crippen LogP contribution in [0, 0.1) is 0 Å². The molecule has 0 saturated carbocycles. The van der Waals surface area contributed by atoms with Gasteiger partial charge >= 0.3 is 12.1 Å². The summed E-state index contributed by atoms with van der Waals surface area (Å²) in [5.41, 5.74) is 2.64. The van der Waals surface area contributed by atoms with Crippen LogP contribution in [0.15, 0.2) is 115 Å². The second-order valence-corrected chi connectivity index (χ2v) is 12.0. The maximum atomic E-state index is 14.6. The zero-order chi connectivity index (χ0) is 33.9. The molecule has 0 spiro atoms. The van der Waals surface area contributed by atoms with Crippen LogP contribution in [0.5, 0.6) is 0 Å². The van der Waals surface area contributed by atoms with Crippen molar-refractivity contribution in [3.05, 3.63) is 120 Å². The lowest BCUT2D eigenvalue weighted by Gasteiger charge is -2.43. The Kier molecular flexibility index (Phi) is 12.1. The van der Waals surface area contributed by atoms with Gasteiger partial charge in [-0.2, -0.15) is 0 Å². The van der Waals surface area contributed by atoms with Crippen LogP contribution in [0.25, 0.3) is 0 Å². The van der Waals surface area contributed by atoms with Crippen molar-refractivity contribution in [1.82, 2.24) is 20.0 Å². The van der Waals surface area contributed by atoms with Gasteiger partial charge in [0.25, 0.3) is 0 Å². The molecule has 4 aromatic rings. The quantitative estimate of drug-likeness (QED) is 0.169. The van der Waals surface area contributed by atoms with E-state index in [2.05, 4.69) is 24.1 Å². The number of piperazine rings is 1. The molecule has 1 heterocycles. The number of hydrogen-bond donors (Lipinski definition) is 1. The fraction of sp³-hybridized carbons (Fsp3) is 0.289. The Balaban J connectivity index is 1.45. The Bertz CT molecular complexity index is 1600. The molecule has 5 rings (SSSR count). The van der Waals surface area contributed by atoms with Gasteiger partial charge in [0.05, 0.1) is 29.3 Å². The first kappa shape index (κ1) is 34.5. The van der Waals surface area contributed by atoms with Gasteiger partial charge in [-0.05, 0) is 80.7 Å². The molecule has 1 N–H and O–H groups in total. The number of para-hydroxylation sites is 3. The van der Waals surface area contributed by atoms with Crippen LogP contribution in [-0.2, 0) is 4.79 Å². The number of amides is 5. The highest BCUT2D eigenvalue weighted by atomic mass is 35.5. The van der Waals surface area contributed by atoms with Gasteiger partial charge in [-0.1, -0.05) is 86.1 Å². The lowest BCUT2D eigenvalue weighted by Crippen LogP contribution is -2.64. The average Bonchev–Trinajstić information content (AvgIpc) is 3.13. The molecule has 4 aromatic carbocycles. The van der Waals surface area contributed by atoms with E-state index >= 15 is 0 Å². The van der Waals surface area contributed by atoms with Crippen LogP contribution in [0.4, 0.5) is 32.3 Å². The third-order valence-electron chi connectivity index (χ3n) is 8.54. The minimum atomic E-state index is -0.928. The standard InChI is InChI=1S/C38H43ClN6O3/c1-3-41(4-2)25-15-24-40-36(46)35-29-42(37(47)44(31-17-8-5-9-18-31)32-19-10-6-11-20-32)26-27-43(35)38(48)45(33-21-12-7-13-22-33)34-23-14-16-30(39)28-34/h5-14,16-23,28,35H,3-4,15,24-27,29H2,1-2H3,(H,40,46). The van der Waals surface area contributed by atoms with Gasteiger partial charge in [-0.25, -0.2) is 9.59 Å². The summed E-state index contributed by atoms with van der Waals surface area (Å²) in [5, 5.41) is 3.56. The molecular weight excluding hydrogens is 624 g/mol. The first-order valence-corrected chi connectivity index (χ1v) is 16.9. The van der Waals surface area contributed by atoms with Gasteiger partial charge in [0.2, 0.25) is 5.91 Å². The number of carbonyl (C=O) groups is 3. The predicted molar refractivity (Wildman–Crippen MR) is 193 cm³/mol. The van der Waals surface area contributed by atoms with Crippen molar-refractivity contribution >= 4 is 52.3 Å². The van der Waals surface area contributed by atoms with Crippen LogP contribution in [0.3, 0.4) is 0 Å². The van der Waals surface area contributed by atoms with Crippen molar-refractivity contribution in [2.45, 2.75) is 26.3 Å². The van der Waals surface area contributed by atoms with E-state index in [4.69, 9.17) is 11.6 Å². The van der Waals surface area contributed by atoms with Crippen molar-refractivity contribution in [2.24, 2.45) is 0 Å². The number of nitrogens with zero attached hydrogens (tertiary/aromatic N) is 5. The summed E-state index contributed by atoms with van der Waals surface area (Å²) in [6, 6.07) is 33.7. The Morgan fingerprint density at radius 2 is 1.23 bits per heavy atom. The summed E-state index contributed by atoms with van der Waals surface area (Å²) in [6.45, 7) is 7.84. The first-order valence-electron chi connectivity index (χ1n) is 16.5. The van der Waals surface area contributed by atoms with Crippen molar-refractivity contribution < 1.29 is 14.4 Å². The summed E-state index contributed by atoms with van der Waals surface area (Å²) in [4.78, 5) is 51.7. The lowest BCUT2D eigenvalue weighted by molar-refractivity contribution is -0.126. The highest BCUT2D eigenvalue weighted by molar-refractivity contribution is 6.31. The molecule has 5 amide bonds. The second-order valence-electron chi connectivity index (χ2n) is 11.5. The minimum absolute atomic E-state index is 0.0286. The van der Waals surface area contributed by atoms with E-state index in [1.54, 1.807) is 37.8 Å². The largest absolute Gasteiger partial charge is 0.354 e. The predicted octanol–water partition coefficient (Wildman–Crippen LogP) is 7.39. The van der Waals surface area contributed by atoms with E-state index in [1.807, 2.05) is 97.1 Å². The second kappa shape index (κ2) is 16.8. The van der Waals surface area contributed by atoms with Crippen molar-refractivity contribution in [3.8, 4) is 0 Å². The summed E-state index contributed by atoms with van der Waals surface area (Å²) in [7, 11) is 0. The third-order valence-corrected chi connectivity index (χ3v) is 8.77. The van der Waals surface area contributed by atoms with Crippen LogP contribution in [0.1, 0.15) is 20.3 Å². The van der Waals surface area contributed by atoms with E-state index in [1.165, 1.54) is 0 Å². The third kappa shape index (κ3) is 8.34. The number of urea groups is 2. The SMILES string of the molecule is CCN(CC)CCCNC(=O)C1CN(C(=O)N(c2ccccc2)c2ccccc2)CCN1C(=O)N(c1ccccc1)c1cccc(Cl)c1. The monoisotopic (exact) mass is 666 g/mol. The van der Waals surface area contributed by atoms with Crippen molar-refractivity contribution in [3.63, 3.8) is 0 Å². The Morgan fingerprint density at radius 1 is 0.708 bits per heavy atom. The van der Waals surface area contributed by atoms with Gasteiger partial charge in [0.15, 0.2) is 0 Å². The van der Waals surface area contributed by atoms with Crippen molar-refractivity contribution in [2.75, 3.05) is 55.6 Å². The van der Waals surface area contributed by atoms with E-state index < -0.39 is 6.04 Å². The number of halogens is 1. The van der Waals surface area contributed by atoms with Crippen LogP contribution >= 0.6 is 11.6 Å². The normalized spacial score (nSPS) is 14.5. The molecule has 1 fully saturated rings. The topological polar surface area (TPSA) is 79.4 Å². The Morgan fingerprint density at radius 3 is 1.75 bits per heavy atom. The zero-order valence-corrected chi connectivity index (χ0v) is 28.3. The molecule has 0 aliphatic carbocycles.